The molecule has 1 aromatic heterocycles. The van der Waals surface area contributed by atoms with Crippen LogP contribution in [0.4, 0.5) is 0 Å². The average molecular weight is 317 g/mol. The first-order valence-corrected chi connectivity index (χ1v) is 9.42. The summed E-state index contributed by atoms with van der Waals surface area (Å²) >= 11 is 0. The predicted octanol–water partition coefficient (Wildman–Crippen LogP) is -0.175. The van der Waals surface area contributed by atoms with Gasteiger partial charge in [-0.15, -0.1) is 0 Å². The molecule has 4 nitrogen and oxygen atoms in total. The third-order valence-electron chi connectivity index (χ3n) is 6.77. The molecule has 0 aromatic carbocycles. The fourth-order valence-electron chi connectivity index (χ4n) is 6.38. The first kappa shape index (κ1) is 15.6. The molecule has 126 valence electrons. The van der Waals surface area contributed by atoms with Gasteiger partial charge in [-0.05, 0) is 25.0 Å². The molecular formula is C19H31N3O+2. The highest BCUT2D eigenvalue weighted by atomic mass is 16.3. The van der Waals surface area contributed by atoms with Crippen molar-refractivity contribution in [1.29, 1.82) is 0 Å². The van der Waals surface area contributed by atoms with E-state index >= 15 is 0 Å². The van der Waals surface area contributed by atoms with Crippen LogP contribution in [0.1, 0.15) is 51.4 Å². The summed E-state index contributed by atoms with van der Waals surface area (Å²) in [7, 11) is 0. The molecule has 4 saturated heterocycles. The Morgan fingerprint density at radius 2 is 1.61 bits per heavy atom. The number of piperidine rings is 2. The molecule has 5 heterocycles. The number of aromatic nitrogens is 1. The van der Waals surface area contributed by atoms with Gasteiger partial charge in [0.05, 0.1) is 43.1 Å². The smallest absolute Gasteiger partial charge is 0.257 e. The SMILES string of the molecule is CCCC12C[NH+]3CC(CCC)(C[NH+](C1)C3c1ccccn1)C2O. The van der Waals surface area contributed by atoms with E-state index in [0.717, 1.165) is 26.2 Å². The van der Waals surface area contributed by atoms with Gasteiger partial charge < -0.3 is 5.11 Å². The Balaban J connectivity index is 1.72. The zero-order valence-electron chi connectivity index (χ0n) is 14.5. The Kier molecular flexibility index (Phi) is 3.74. The summed E-state index contributed by atoms with van der Waals surface area (Å²) in [4.78, 5) is 8.02. The van der Waals surface area contributed by atoms with Crippen LogP contribution in [0.15, 0.2) is 24.4 Å². The number of quaternary nitrogens is 2. The third-order valence-corrected chi connectivity index (χ3v) is 6.77. The van der Waals surface area contributed by atoms with E-state index in [0.29, 0.717) is 6.17 Å². The second-order valence-electron chi connectivity index (χ2n) is 8.34. The molecule has 4 bridgehead atoms. The molecule has 23 heavy (non-hydrogen) atoms. The summed E-state index contributed by atoms with van der Waals surface area (Å²) in [5, 5.41) is 11.3. The molecule has 3 N–H and O–H groups in total. The molecule has 0 atom stereocenters. The zero-order chi connectivity index (χ0) is 16.1. The molecule has 5 rings (SSSR count). The van der Waals surface area contributed by atoms with Crippen LogP contribution in [0.5, 0.6) is 0 Å². The van der Waals surface area contributed by atoms with Gasteiger partial charge in [0.2, 0.25) is 0 Å². The van der Waals surface area contributed by atoms with Gasteiger partial charge in [-0.25, -0.2) is 4.98 Å². The lowest BCUT2D eigenvalue weighted by Crippen LogP contribution is -3.41. The van der Waals surface area contributed by atoms with E-state index < -0.39 is 0 Å². The highest BCUT2D eigenvalue weighted by Gasteiger charge is 2.70. The van der Waals surface area contributed by atoms with E-state index in [2.05, 4.69) is 31.0 Å². The van der Waals surface area contributed by atoms with Crippen molar-refractivity contribution in [2.75, 3.05) is 26.2 Å². The molecule has 4 aliphatic rings. The molecule has 0 amide bonds. The van der Waals surface area contributed by atoms with Crippen LogP contribution in [0.3, 0.4) is 0 Å². The second-order valence-corrected chi connectivity index (χ2v) is 8.34. The Hall–Kier alpha value is -0.970. The quantitative estimate of drug-likeness (QED) is 0.706. The molecule has 4 fully saturated rings. The van der Waals surface area contributed by atoms with E-state index in [1.54, 1.807) is 9.80 Å². The summed E-state index contributed by atoms with van der Waals surface area (Å²) < 4.78 is 0. The van der Waals surface area contributed by atoms with Crippen LogP contribution in [-0.4, -0.2) is 42.4 Å². The molecule has 4 heteroatoms. The predicted molar refractivity (Wildman–Crippen MR) is 89.1 cm³/mol. The van der Waals surface area contributed by atoms with E-state index in [9.17, 15) is 5.11 Å². The van der Waals surface area contributed by atoms with Crippen LogP contribution in [0.25, 0.3) is 0 Å². The van der Waals surface area contributed by atoms with Crippen molar-refractivity contribution < 1.29 is 14.9 Å². The van der Waals surface area contributed by atoms with Crippen molar-refractivity contribution in [3.63, 3.8) is 0 Å². The lowest BCUT2D eigenvalue weighted by Gasteiger charge is -2.64. The number of aliphatic hydroxyl groups excluding tert-OH is 1. The van der Waals surface area contributed by atoms with Crippen LogP contribution >= 0.6 is 0 Å². The van der Waals surface area contributed by atoms with E-state index in [1.165, 1.54) is 31.4 Å². The van der Waals surface area contributed by atoms with Gasteiger partial charge in [-0.3, -0.25) is 9.80 Å². The van der Waals surface area contributed by atoms with Gasteiger partial charge in [0.15, 0.2) is 5.69 Å². The summed E-state index contributed by atoms with van der Waals surface area (Å²) in [5.41, 5.74) is 1.51. The van der Waals surface area contributed by atoms with Crippen LogP contribution in [0, 0.1) is 10.8 Å². The molecular weight excluding hydrogens is 286 g/mol. The van der Waals surface area contributed by atoms with Crippen LogP contribution < -0.4 is 9.80 Å². The van der Waals surface area contributed by atoms with Gasteiger partial charge in [-0.2, -0.15) is 0 Å². The maximum Gasteiger partial charge on any atom is 0.257 e. The fraction of sp³-hybridized carbons (Fsp3) is 0.737. The fourth-order valence-corrected chi connectivity index (χ4v) is 6.38. The third kappa shape index (κ3) is 2.19. The van der Waals surface area contributed by atoms with Gasteiger partial charge in [0, 0.05) is 6.20 Å². The van der Waals surface area contributed by atoms with Gasteiger partial charge >= 0.3 is 0 Å². The number of hydrogen-bond acceptors (Lipinski definition) is 2. The molecule has 0 radical (unpaired) electrons. The Labute approximate surface area is 139 Å². The molecule has 0 aliphatic carbocycles. The minimum absolute atomic E-state index is 0.105. The van der Waals surface area contributed by atoms with Crippen molar-refractivity contribution in [2.24, 2.45) is 10.8 Å². The average Bonchev–Trinajstić information content (AvgIpc) is 2.53. The number of hydrogen-bond donors (Lipinski definition) is 3. The highest BCUT2D eigenvalue weighted by Crippen LogP contribution is 2.45. The number of nitrogens with one attached hydrogen (secondary N) is 2. The molecule has 4 aliphatic heterocycles. The van der Waals surface area contributed by atoms with Gasteiger partial charge in [0.25, 0.3) is 6.17 Å². The molecule has 0 unspecified atom stereocenters. The summed E-state index contributed by atoms with van der Waals surface area (Å²) in [6.45, 7) is 9.03. The van der Waals surface area contributed by atoms with Crippen molar-refractivity contribution >= 4 is 0 Å². The van der Waals surface area contributed by atoms with Crippen molar-refractivity contribution in [2.45, 2.75) is 51.8 Å². The Morgan fingerprint density at radius 1 is 1.04 bits per heavy atom. The molecule has 0 saturated carbocycles. The van der Waals surface area contributed by atoms with Crippen LogP contribution in [-0.2, 0) is 0 Å². The lowest BCUT2D eigenvalue weighted by atomic mass is 9.56. The van der Waals surface area contributed by atoms with E-state index in [1.807, 2.05) is 12.3 Å². The summed E-state index contributed by atoms with van der Waals surface area (Å²) in [6, 6.07) is 6.32. The Bertz CT molecular complexity index is 519. The van der Waals surface area contributed by atoms with E-state index in [4.69, 9.17) is 0 Å². The maximum absolute atomic E-state index is 11.3. The second kappa shape index (κ2) is 5.54. The standard InChI is InChI=1S/C19H29N3O/c1-3-8-18-11-21-13-19(9-4-2,17(18)23)14-22(12-18)16(21)15-7-5-6-10-20-15/h5-7,10,16-17,23H,3-4,8-9,11-14H2,1-2H3/p+2. The minimum atomic E-state index is -0.105. The largest absolute Gasteiger partial charge is 0.391 e. The van der Waals surface area contributed by atoms with Gasteiger partial charge in [-0.1, -0.05) is 32.8 Å². The lowest BCUT2D eigenvalue weighted by molar-refractivity contribution is -1.19. The van der Waals surface area contributed by atoms with Crippen molar-refractivity contribution in [1.82, 2.24) is 4.98 Å². The number of aliphatic hydroxyl groups is 1. The number of rotatable bonds is 5. The molecule has 1 aromatic rings. The minimum Gasteiger partial charge on any atom is -0.391 e. The Morgan fingerprint density at radius 3 is 2.04 bits per heavy atom. The van der Waals surface area contributed by atoms with E-state index in [-0.39, 0.29) is 16.9 Å². The van der Waals surface area contributed by atoms with Gasteiger partial charge in [0.1, 0.15) is 0 Å². The molecule has 0 spiro atoms. The van der Waals surface area contributed by atoms with Crippen molar-refractivity contribution in [3.05, 3.63) is 30.1 Å². The first-order valence-electron chi connectivity index (χ1n) is 9.42. The first-order chi connectivity index (χ1) is 11.1. The number of pyridine rings is 1. The zero-order valence-corrected chi connectivity index (χ0v) is 14.5. The topological polar surface area (TPSA) is 42.0 Å². The monoisotopic (exact) mass is 317 g/mol. The van der Waals surface area contributed by atoms with Crippen molar-refractivity contribution in [3.8, 4) is 0 Å². The van der Waals surface area contributed by atoms with Crippen LogP contribution in [0.2, 0.25) is 0 Å². The maximum atomic E-state index is 11.3. The highest BCUT2D eigenvalue weighted by molar-refractivity contribution is 5.09. The summed E-state index contributed by atoms with van der Waals surface area (Å²) in [5.74, 6) is 0. The normalized spacial score (nSPS) is 44.7. The number of nitrogens with zero attached hydrogens (tertiary/aromatic N) is 1. The summed E-state index contributed by atoms with van der Waals surface area (Å²) in [6.07, 6.45) is 6.98.